The Bertz CT molecular complexity index is 992. The van der Waals surface area contributed by atoms with Crippen molar-refractivity contribution < 1.29 is 0 Å². The summed E-state index contributed by atoms with van der Waals surface area (Å²) in [5.41, 5.74) is 1.70. The van der Waals surface area contributed by atoms with Gasteiger partial charge < -0.3 is 0 Å². The van der Waals surface area contributed by atoms with Crippen LogP contribution in [0.1, 0.15) is 12.8 Å². The molecule has 118 valence electrons. The van der Waals surface area contributed by atoms with Crippen LogP contribution < -0.4 is 5.56 Å². The number of hydrogen-bond donors (Lipinski definition) is 0. The maximum Gasteiger partial charge on any atom is 0.262 e. The van der Waals surface area contributed by atoms with E-state index in [0.717, 1.165) is 11.1 Å². The molecule has 0 saturated heterocycles. The standard InChI is InChI=1S/C18H14N4OS/c19-8-4-5-13(9-20)10-22-12-21-17-16(18(22)23)15(11-24-17)14-6-2-1-3-7-14/h1-3,6-7,11-13H,4-5,10H2. The molecule has 0 spiro atoms. The fraction of sp³-hybridized carbons (Fsp3) is 0.222. The van der Waals surface area contributed by atoms with Gasteiger partial charge in [-0.1, -0.05) is 30.3 Å². The van der Waals surface area contributed by atoms with Crippen LogP contribution in [0.4, 0.5) is 0 Å². The maximum atomic E-state index is 12.9. The third-order valence-corrected chi connectivity index (χ3v) is 4.74. The first-order valence-electron chi connectivity index (χ1n) is 7.53. The Morgan fingerprint density at radius 2 is 2.04 bits per heavy atom. The molecule has 0 radical (unpaired) electrons. The number of fused-ring (bicyclic) bond motifs is 1. The highest BCUT2D eigenvalue weighted by atomic mass is 32.1. The summed E-state index contributed by atoms with van der Waals surface area (Å²) in [5.74, 6) is -0.375. The molecule has 0 aliphatic heterocycles. The molecule has 2 aromatic heterocycles. The van der Waals surface area contributed by atoms with Crippen molar-refractivity contribution in [3.8, 4) is 23.3 Å². The minimum atomic E-state index is -0.375. The van der Waals surface area contributed by atoms with Crippen LogP contribution >= 0.6 is 11.3 Å². The molecule has 2 heterocycles. The van der Waals surface area contributed by atoms with Crippen molar-refractivity contribution in [2.75, 3.05) is 0 Å². The van der Waals surface area contributed by atoms with Crippen LogP contribution in [0.5, 0.6) is 0 Å². The normalized spacial score (nSPS) is 11.8. The summed E-state index contributed by atoms with van der Waals surface area (Å²) < 4.78 is 1.48. The smallest absolute Gasteiger partial charge is 0.262 e. The van der Waals surface area contributed by atoms with E-state index in [9.17, 15) is 10.1 Å². The number of thiophene rings is 1. The topological polar surface area (TPSA) is 82.5 Å². The van der Waals surface area contributed by atoms with Crippen molar-refractivity contribution in [3.05, 3.63) is 52.4 Å². The number of rotatable bonds is 5. The second-order valence-electron chi connectivity index (χ2n) is 5.42. The van der Waals surface area contributed by atoms with Gasteiger partial charge in [-0.15, -0.1) is 11.3 Å². The third-order valence-electron chi connectivity index (χ3n) is 3.85. The van der Waals surface area contributed by atoms with Crippen LogP contribution in [0.2, 0.25) is 0 Å². The van der Waals surface area contributed by atoms with Crippen molar-refractivity contribution in [2.45, 2.75) is 19.4 Å². The maximum absolute atomic E-state index is 12.9. The fourth-order valence-electron chi connectivity index (χ4n) is 2.60. The first-order chi connectivity index (χ1) is 11.7. The number of nitrogens with zero attached hydrogens (tertiary/aromatic N) is 4. The van der Waals surface area contributed by atoms with Crippen molar-refractivity contribution in [1.82, 2.24) is 9.55 Å². The molecular weight excluding hydrogens is 320 g/mol. The highest BCUT2D eigenvalue weighted by Crippen LogP contribution is 2.30. The van der Waals surface area contributed by atoms with E-state index in [4.69, 9.17) is 5.26 Å². The molecule has 1 aromatic carbocycles. The Labute approximate surface area is 143 Å². The van der Waals surface area contributed by atoms with Gasteiger partial charge in [-0.2, -0.15) is 10.5 Å². The average Bonchev–Trinajstić information content (AvgIpc) is 3.06. The van der Waals surface area contributed by atoms with Gasteiger partial charge in [0.05, 0.1) is 29.8 Å². The lowest BCUT2D eigenvalue weighted by molar-refractivity contribution is 0.499. The molecule has 0 bridgehead atoms. The zero-order chi connectivity index (χ0) is 16.9. The predicted octanol–water partition coefficient (Wildman–Crippen LogP) is 3.57. The van der Waals surface area contributed by atoms with E-state index in [1.54, 1.807) is 0 Å². The van der Waals surface area contributed by atoms with Gasteiger partial charge in [-0.3, -0.25) is 9.36 Å². The molecular formula is C18H14N4OS. The summed E-state index contributed by atoms with van der Waals surface area (Å²) in [5, 5.41) is 20.4. The summed E-state index contributed by atoms with van der Waals surface area (Å²) in [6, 6.07) is 13.9. The van der Waals surface area contributed by atoms with E-state index in [1.807, 2.05) is 41.8 Å². The van der Waals surface area contributed by atoms with E-state index in [0.29, 0.717) is 23.1 Å². The number of nitriles is 2. The predicted molar refractivity (Wildman–Crippen MR) is 93.3 cm³/mol. The van der Waals surface area contributed by atoms with Crippen molar-refractivity contribution >= 4 is 21.6 Å². The molecule has 3 aromatic rings. The number of hydrogen-bond acceptors (Lipinski definition) is 5. The van der Waals surface area contributed by atoms with Crippen LogP contribution in [0.3, 0.4) is 0 Å². The zero-order valence-electron chi connectivity index (χ0n) is 12.8. The Hall–Kier alpha value is -2.96. The van der Waals surface area contributed by atoms with Gasteiger partial charge in [-0.05, 0) is 12.0 Å². The summed E-state index contributed by atoms with van der Waals surface area (Å²) in [4.78, 5) is 17.9. The zero-order valence-corrected chi connectivity index (χ0v) is 13.7. The number of aromatic nitrogens is 2. The molecule has 0 fully saturated rings. The van der Waals surface area contributed by atoms with Crippen LogP contribution in [0, 0.1) is 28.6 Å². The lowest BCUT2D eigenvalue weighted by atomic mass is 10.1. The van der Waals surface area contributed by atoms with Gasteiger partial charge in [0.15, 0.2) is 0 Å². The SMILES string of the molecule is N#CCCC(C#N)Cn1cnc2scc(-c3ccccc3)c2c1=O. The summed E-state index contributed by atoms with van der Waals surface area (Å²) in [7, 11) is 0. The van der Waals surface area contributed by atoms with Crippen molar-refractivity contribution in [1.29, 1.82) is 10.5 Å². The Balaban J connectivity index is 2.03. The largest absolute Gasteiger partial charge is 0.297 e. The van der Waals surface area contributed by atoms with E-state index >= 15 is 0 Å². The second kappa shape index (κ2) is 7.08. The lowest BCUT2D eigenvalue weighted by Gasteiger charge is -2.10. The average molecular weight is 334 g/mol. The molecule has 1 unspecified atom stereocenters. The quantitative estimate of drug-likeness (QED) is 0.714. The summed E-state index contributed by atoms with van der Waals surface area (Å²) in [6.07, 6.45) is 2.25. The molecule has 24 heavy (non-hydrogen) atoms. The molecule has 0 amide bonds. The minimum Gasteiger partial charge on any atom is -0.297 e. The Morgan fingerprint density at radius 1 is 1.25 bits per heavy atom. The van der Waals surface area contributed by atoms with Gasteiger partial charge in [-0.25, -0.2) is 4.98 Å². The first-order valence-corrected chi connectivity index (χ1v) is 8.41. The third kappa shape index (κ3) is 3.05. The monoisotopic (exact) mass is 334 g/mol. The molecule has 1 atom stereocenters. The number of benzene rings is 1. The summed E-state index contributed by atoms with van der Waals surface area (Å²) in [6.45, 7) is 0.254. The Kier molecular flexibility index (Phi) is 4.69. The minimum absolute atomic E-state index is 0.141. The van der Waals surface area contributed by atoms with Gasteiger partial charge in [0.1, 0.15) is 4.83 Å². The van der Waals surface area contributed by atoms with Crippen molar-refractivity contribution in [2.24, 2.45) is 5.92 Å². The van der Waals surface area contributed by atoms with E-state index in [-0.39, 0.29) is 18.0 Å². The fourth-order valence-corrected chi connectivity index (χ4v) is 3.51. The van der Waals surface area contributed by atoms with Gasteiger partial charge in [0, 0.05) is 23.9 Å². The molecule has 0 aliphatic carbocycles. The molecule has 5 nitrogen and oxygen atoms in total. The van der Waals surface area contributed by atoms with Crippen LogP contribution in [0.25, 0.3) is 21.3 Å². The first kappa shape index (κ1) is 15.9. The van der Waals surface area contributed by atoms with E-state index < -0.39 is 0 Å². The highest BCUT2D eigenvalue weighted by Gasteiger charge is 2.15. The van der Waals surface area contributed by atoms with E-state index in [2.05, 4.69) is 11.1 Å². The van der Waals surface area contributed by atoms with Crippen molar-refractivity contribution in [3.63, 3.8) is 0 Å². The van der Waals surface area contributed by atoms with Gasteiger partial charge in [0.25, 0.3) is 5.56 Å². The molecule has 0 saturated carbocycles. The molecule has 0 aliphatic rings. The molecule has 3 rings (SSSR count). The lowest BCUT2D eigenvalue weighted by Crippen LogP contribution is -2.24. The second-order valence-corrected chi connectivity index (χ2v) is 6.28. The van der Waals surface area contributed by atoms with Crippen LogP contribution in [0.15, 0.2) is 46.8 Å². The van der Waals surface area contributed by atoms with Crippen LogP contribution in [-0.4, -0.2) is 9.55 Å². The Morgan fingerprint density at radius 3 is 2.75 bits per heavy atom. The van der Waals surface area contributed by atoms with E-state index in [1.165, 1.54) is 22.2 Å². The van der Waals surface area contributed by atoms with Crippen LogP contribution in [-0.2, 0) is 6.54 Å². The van der Waals surface area contributed by atoms with Gasteiger partial charge in [0.2, 0.25) is 0 Å². The molecule has 6 heteroatoms. The molecule has 0 N–H and O–H groups in total. The van der Waals surface area contributed by atoms with Gasteiger partial charge >= 0.3 is 0 Å². The summed E-state index contributed by atoms with van der Waals surface area (Å²) >= 11 is 1.44. The highest BCUT2D eigenvalue weighted by molar-refractivity contribution is 7.17.